The summed E-state index contributed by atoms with van der Waals surface area (Å²) in [5.41, 5.74) is 3.52. The number of hydrogen-bond acceptors (Lipinski definition) is 3. The second-order valence-corrected chi connectivity index (χ2v) is 7.43. The summed E-state index contributed by atoms with van der Waals surface area (Å²) in [5.74, 6) is 0.105. The van der Waals surface area contributed by atoms with Crippen molar-refractivity contribution in [3.8, 4) is 0 Å². The predicted octanol–water partition coefficient (Wildman–Crippen LogP) is 5.06. The minimum atomic E-state index is 0.0425. The highest BCUT2D eigenvalue weighted by atomic mass is 32.1. The fourth-order valence-electron chi connectivity index (χ4n) is 2.87. The summed E-state index contributed by atoms with van der Waals surface area (Å²) in [6.07, 6.45) is 3.25. The quantitative estimate of drug-likeness (QED) is 0.646. The van der Waals surface area contributed by atoms with Gasteiger partial charge in [0.15, 0.2) is 0 Å². The Bertz CT molecular complexity index is 805. The SMILES string of the molecule is CCc1ccc(C(C)NC(=O)CCCc2nc3ccccc3s2)cc1. The number of aromatic nitrogens is 1. The third kappa shape index (κ3) is 4.67. The van der Waals surface area contributed by atoms with Gasteiger partial charge in [0.2, 0.25) is 5.91 Å². The van der Waals surface area contributed by atoms with Crippen LogP contribution in [0, 0.1) is 0 Å². The van der Waals surface area contributed by atoms with Crippen LogP contribution in [0.3, 0.4) is 0 Å². The molecule has 0 fully saturated rings. The van der Waals surface area contributed by atoms with E-state index in [4.69, 9.17) is 0 Å². The van der Waals surface area contributed by atoms with Gasteiger partial charge >= 0.3 is 0 Å². The number of hydrogen-bond donors (Lipinski definition) is 1. The minimum absolute atomic E-state index is 0.0425. The molecule has 2 aromatic carbocycles. The Morgan fingerprint density at radius 2 is 1.92 bits per heavy atom. The largest absolute Gasteiger partial charge is 0.350 e. The van der Waals surface area contributed by atoms with Gasteiger partial charge in [-0.1, -0.05) is 43.3 Å². The van der Waals surface area contributed by atoms with E-state index in [0.717, 1.165) is 35.4 Å². The number of carbonyl (C=O) groups excluding carboxylic acids is 1. The molecule has 0 aliphatic heterocycles. The molecular formula is C21H24N2OS. The van der Waals surface area contributed by atoms with Gasteiger partial charge in [-0.05, 0) is 49.4 Å². The maximum Gasteiger partial charge on any atom is 0.220 e. The van der Waals surface area contributed by atoms with E-state index in [9.17, 15) is 4.79 Å². The van der Waals surface area contributed by atoms with Crippen LogP contribution < -0.4 is 5.32 Å². The van der Waals surface area contributed by atoms with E-state index in [1.54, 1.807) is 11.3 Å². The maximum atomic E-state index is 12.2. The van der Waals surface area contributed by atoms with Crippen molar-refractivity contribution in [2.45, 2.75) is 45.6 Å². The number of carbonyl (C=O) groups is 1. The molecule has 0 radical (unpaired) electrons. The molecule has 1 N–H and O–H groups in total. The molecule has 0 aliphatic rings. The number of nitrogens with one attached hydrogen (secondary N) is 1. The summed E-state index contributed by atoms with van der Waals surface area (Å²) < 4.78 is 1.21. The van der Waals surface area contributed by atoms with Gasteiger partial charge in [-0.3, -0.25) is 4.79 Å². The third-order valence-corrected chi connectivity index (χ3v) is 5.49. The second-order valence-electron chi connectivity index (χ2n) is 6.31. The zero-order valence-electron chi connectivity index (χ0n) is 14.8. The summed E-state index contributed by atoms with van der Waals surface area (Å²) in [7, 11) is 0. The molecule has 1 heterocycles. The Hall–Kier alpha value is -2.20. The predicted molar refractivity (Wildman–Crippen MR) is 105 cm³/mol. The molecule has 130 valence electrons. The lowest BCUT2D eigenvalue weighted by Crippen LogP contribution is -2.26. The molecule has 0 saturated carbocycles. The smallest absolute Gasteiger partial charge is 0.220 e. The standard InChI is InChI=1S/C21H24N2OS/c1-3-16-11-13-17(14-12-16)15(2)22-20(24)9-6-10-21-23-18-7-4-5-8-19(18)25-21/h4-5,7-8,11-15H,3,6,9-10H2,1-2H3,(H,22,24). The molecule has 0 saturated heterocycles. The molecule has 25 heavy (non-hydrogen) atoms. The fourth-order valence-corrected chi connectivity index (χ4v) is 3.88. The number of aryl methyl sites for hydroxylation is 2. The topological polar surface area (TPSA) is 42.0 Å². The van der Waals surface area contributed by atoms with Gasteiger partial charge < -0.3 is 5.32 Å². The first-order valence-electron chi connectivity index (χ1n) is 8.88. The number of fused-ring (bicyclic) bond motifs is 1. The van der Waals surface area contributed by atoms with E-state index in [2.05, 4.69) is 47.6 Å². The van der Waals surface area contributed by atoms with Crippen LogP contribution in [0.1, 0.15) is 48.9 Å². The van der Waals surface area contributed by atoms with Gasteiger partial charge in [0, 0.05) is 6.42 Å². The summed E-state index contributed by atoms with van der Waals surface area (Å²) in [5, 5.41) is 4.20. The molecule has 0 aliphatic carbocycles. The van der Waals surface area contributed by atoms with Crippen molar-refractivity contribution < 1.29 is 4.79 Å². The van der Waals surface area contributed by atoms with Gasteiger partial charge in [0.05, 0.1) is 21.3 Å². The van der Waals surface area contributed by atoms with E-state index in [1.165, 1.54) is 10.3 Å². The summed E-state index contributed by atoms with van der Waals surface area (Å²) in [6.45, 7) is 4.18. The Kier molecular flexibility index (Phi) is 5.82. The van der Waals surface area contributed by atoms with Crippen molar-refractivity contribution >= 4 is 27.5 Å². The lowest BCUT2D eigenvalue weighted by Gasteiger charge is -2.14. The van der Waals surface area contributed by atoms with Gasteiger partial charge in [0.1, 0.15) is 0 Å². The van der Waals surface area contributed by atoms with Crippen LogP contribution in [-0.4, -0.2) is 10.9 Å². The van der Waals surface area contributed by atoms with Gasteiger partial charge in [-0.15, -0.1) is 11.3 Å². The number of para-hydroxylation sites is 1. The summed E-state index contributed by atoms with van der Waals surface area (Å²) >= 11 is 1.72. The lowest BCUT2D eigenvalue weighted by atomic mass is 10.0. The molecule has 1 amide bonds. The Balaban J connectivity index is 1.47. The minimum Gasteiger partial charge on any atom is -0.350 e. The molecule has 1 unspecified atom stereocenters. The average Bonchev–Trinajstić information content (AvgIpc) is 3.04. The van der Waals surface area contributed by atoms with Crippen LogP contribution in [0.5, 0.6) is 0 Å². The first-order valence-corrected chi connectivity index (χ1v) is 9.70. The summed E-state index contributed by atoms with van der Waals surface area (Å²) in [6, 6.07) is 16.7. The zero-order valence-corrected chi connectivity index (χ0v) is 15.6. The van der Waals surface area contributed by atoms with Crippen LogP contribution >= 0.6 is 11.3 Å². The van der Waals surface area contributed by atoms with Crippen molar-refractivity contribution in [3.63, 3.8) is 0 Å². The highest BCUT2D eigenvalue weighted by Crippen LogP contribution is 2.22. The third-order valence-electron chi connectivity index (χ3n) is 4.40. The highest BCUT2D eigenvalue weighted by molar-refractivity contribution is 7.18. The molecule has 3 nitrogen and oxygen atoms in total. The van der Waals surface area contributed by atoms with E-state index in [0.29, 0.717) is 6.42 Å². The van der Waals surface area contributed by atoms with Crippen LogP contribution in [0.25, 0.3) is 10.2 Å². The maximum absolute atomic E-state index is 12.2. The number of amides is 1. The van der Waals surface area contributed by atoms with Crippen molar-refractivity contribution in [2.75, 3.05) is 0 Å². The molecule has 1 atom stereocenters. The van der Waals surface area contributed by atoms with Gasteiger partial charge in [0.25, 0.3) is 0 Å². The van der Waals surface area contributed by atoms with Crippen LogP contribution in [0.4, 0.5) is 0 Å². The lowest BCUT2D eigenvalue weighted by molar-refractivity contribution is -0.121. The molecule has 0 bridgehead atoms. The molecule has 1 aromatic heterocycles. The van der Waals surface area contributed by atoms with Crippen molar-refractivity contribution in [3.05, 3.63) is 64.7 Å². The summed E-state index contributed by atoms with van der Waals surface area (Å²) in [4.78, 5) is 16.8. The molecule has 0 spiro atoms. The number of thiazole rings is 1. The Morgan fingerprint density at radius 3 is 2.64 bits per heavy atom. The van der Waals surface area contributed by atoms with Gasteiger partial charge in [-0.25, -0.2) is 4.98 Å². The number of nitrogens with zero attached hydrogens (tertiary/aromatic N) is 1. The Morgan fingerprint density at radius 1 is 1.16 bits per heavy atom. The van der Waals surface area contributed by atoms with E-state index in [-0.39, 0.29) is 11.9 Å². The normalized spacial score (nSPS) is 12.2. The van der Waals surface area contributed by atoms with Crippen molar-refractivity contribution in [1.29, 1.82) is 0 Å². The molecule has 4 heteroatoms. The molecule has 3 rings (SSSR count). The second kappa shape index (κ2) is 8.26. The highest BCUT2D eigenvalue weighted by Gasteiger charge is 2.10. The van der Waals surface area contributed by atoms with Crippen molar-refractivity contribution in [1.82, 2.24) is 10.3 Å². The van der Waals surface area contributed by atoms with E-state index < -0.39 is 0 Å². The van der Waals surface area contributed by atoms with Crippen LogP contribution in [0.2, 0.25) is 0 Å². The molecule has 3 aromatic rings. The van der Waals surface area contributed by atoms with E-state index in [1.807, 2.05) is 25.1 Å². The average molecular weight is 353 g/mol. The first kappa shape index (κ1) is 17.6. The monoisotopic (exact) mass is 352 g/mol. The zero-order chi connectivity index (χ0) is 17.6. The molecular weight excluding hydrogens is 328 g/mol. The van der Waals surface area contributed by atoms with Crippen LogP contribution in [-0.2, 0) is 17.6 Å². The number of rotatable bonds is 7. The fraction of sp³-hybridized carbons (Fsp3) is 0.333. The number of benzene rings is 2. The van der Waals surface area contributed by atoms with Gasteiger partial charge in [-0.2, -0.15) is 0 Å². The first-order chi connectivity index (χ1) is 12.2. The van der Waals surface area contributed by atoms with E-state index >= 15 is 0 Å². The Labute approximate surface area is 153 Å². The van der Waals surface area contributed by atoms with Crippen LogP contribution in [0.15, 0.2) is 48.5 Å². The van der Waals surface area contributed by atoms with Crippen molar-refractivity contribution in [2.24, 2.45) is 0 Å².